The number of likely N-dealkylation sites (N-methyl/N-ethyl adjacent to an activating group) is 1. The number of pyridine rings is 1. The molecule has 0 saturated heterocycles. The molecule has 0 aromatic carbocycles. The van der Waals surface area contributed by atoms with Crippen LogP contribution in [0.15, 0.2) is 29.4 Å². The van der Waals surface area contributed by atoms with E-state index in [0.717, 1.165) is 6.54 Å². The number of hydrogen-bond acceptors (Lipinski definition) is 5. The Labute approximate surface area is 125 Å². The fourth-order valence-electron chi connectivity index (χ4n) is 1.66. The van der Waals surface area contributed by atoms with Crippen molar-refractivity contribution < 1.29 is 13.2 Å². The molecule has 0 saturated carbocycles. The van der Waals surface area contributed by atoms with E-state index in [-0.39, 0.29) is 29.8 Å². The predicted molar refractivity (Wildman–Crippen MR) is 80.2 cm³/mol. The van der Waals surface area contributed by atoms with Gasteiger partial charge in [-0.05, 0) is 25.6 Å². The second-order valence-electron chi connectivity index (χ2n) is 4.60. The normalized spacial score (nSPS) is 12.9. The smallest absolute Gasteiger partial charge is 0.242 e. The zero-order valence-corrected chi connectivity index (χ0v) is 13.1. The molecule has 0 aliphatic rings. The lowest BCUT2D eigenvalue weighted by Crippen LogP contribution is -2.39. The standard InChI is InChI=1S/C13H22N4O3S/c1-3-15-11(2)9-16-13(18)6-8-17-21(19,20)12-5-4-7-14-10-12/h4-5,7,10-11,15,17H,3,6,8-9H2,1-2H3,(H,16,18)/t11-/m1/s1. The van der Waals surface area contributed by atoms with Gasteiger partial charge in [-0.25, -0.2) is 13.1 Å². The van der Waals surface area contributed by atoms with Crippen LogP contribution in [0, 0.1) is 0 Å². The van der Waals surface area contributed by atoms with Crippen LogP contribution >= 0.6 is 0 Å². The minimum atomic E-state index is -3.60. The highest BCUT2D eigenvalue weighted by Crippen LogP contribution is 2.04. The third-order valence-corrected chi connectivity index (χ3v) is 4.19. The number of rotatable bonds is 9. The molecule has 8 heteroatoms. The second-order valence-corrected chi connectivity index (χ2v) is 6.37. The van der Waals surface area contributed by atoms with E-state index in [0.29, 0.717) is 6.54 Å². The Morgan fingerprint density at radius 3 is 2.81 bits per heavy atom. The summed E-state index contributed by atoms with van der Waals surface area (Å²) in [5.41, 5.74) is 0. The molecule has 0 aliphatic carbocycles. The molecule has 1 heterocycles. The number of sulfonamides is 1. The van der Waals surface area contributed by atoms with Crippen LogP contribution in [0.4, 0.5) is 0 Å². The average molecular weight is 314 g/mol. The van der Waals surface area contributed by atoms with Gasteiger partial charge in [-0.2, -0.15) is 0 Å². The highest BCUT2D eigenvalue weighted by molar-refractivity contribution is 7.89. The van der Waals surface area contributed by atoms with Crippen LogP contribution in [0.1, 0.15) is 20.3 Å². The van der Waals surface area contributed by atoms with E-state index in [1.807, 2.05) is 13.8 Å². The fraction of sp³-hybridized carbons (Fsp3) is 0.538. The first-order valence-electron chi connectivity index (χ1n) is 6.85. The fourth-order valence-corrected chi connectivity index (χ4v) is 2.66. The molecule has 1 aromatic heterocycles. The van der Waals surface area contributed by atoms with Gasteiger partial charge in [-0.3, -0.25) is 9.78 Å². The lowest BCUT2D eigenvalue weighted by atomic mass is 10.3. The van der Waals surface area contributed by atoms with E-state index < -0.39 is 10.0 Å². The van der Waals surface area contributed by atoms with E-state index in [1.54, 1.807) is 6.07 Å². The average Bonchev–Trinajstić information content (AvgIpc) is 2.46. The molecule has 118 valence electrons. The van der Waals surface area contributed by atoms with Gasteiger partial charge in [0.1, 0.15) is 4.90 Å². The summed E-state index contributed by atoms with van der Waals surface area (Å²) >= 11 is 0. The topological polar surface area (TPSA) is 100 Å². The lowest BCUT2D eigenvalue weighted by Gasteiger charge is -2.13. The van der Waals surface area contributed by atoms with Crippen molar-refractivity contribution >= 4 is 15.9 Å². The third-order valence-electron chi connectivity index (χ3n) is 2.75. The summed E-state index contributed by atoms with van der Waals surface area (Å²) in [5, 5.41) is 5.91. The minimum absolute atomic E-state index is 0.0542. The third kappa shape index (κ3) is 6.65. The Kier molecular flexibility index (Phi) is 7.27. The van der Waals surface area contributed by atoms with Gasteiger partial charge in [0.2, 0.25) is 15.9 Å². The van der Waals surface area contributed by atoms with Crippen molar-refractivity contribution in [2.45, 2.75) is 31.2 Å². The van der Waals surface area contributed by atoms with Crippen molar-refractivity contribution in [1.82, 2.24) is 20.3 Å². The highest BCUT2D eigenvalue weighted by Gasteiger charge is 2.14. The van der Waals surface area contributed by atoms with E-state index in [1.165, 1.54) is 18.5 Å². The number of hydrogen-bond donors (Lipinski definition) is 3. The van der Waals surface area contributed by atoms with Crippen molar-refractivity contribution in [2.24, 2.45) is 0 Å². The molecular formula is C13H22N4O3S. The first kappa shape index (κ1) is 17.5. The largest absolute Gasteiger partial charge is 0.355 e. The van der Waals surface area contributed by atoms with Gasteiger partial charge < -0.3 is 10.6 Å². The lowest BCUT2D eigenvalue weighted by molar-refractivity contribution is -0.121. The molecule has 0 bridgehead atoms. The molecule has 0 radical (unpaired) electrons. The summed E-state index contributed by atoms with van der Waals surface area (Å²) in [4.78, 5) is 15.4. The molecule has 0 aliphatic heterocycles. The van der Waals surface area contributed by atoms with Gasteiger partial charge in [-0.1, -0.05) is 6.92 Å². The van der Waals surface area contributed by atoms with Crippen LogP contribution in [0.2, 0.25) is 0 Å². The van der Waals surface area contributed by atoms with Crippen LogP contribution in [-0.2, 0) is 14.8 Å². The number of nitrogens with zero attached hydrogens (tertiary/aromatic N) is 1. The Morgan fingerprint density at radius 2 is 2.19 bits per heavy atom. The van der Waals surface area contributed by atoms with Crippen LogP contribution in [-0.4, -0.2) is 45.0 Å². The summed E-state index contributed by atoms with van der Waals surface area (Å²) in [6, 6.07) is 3.18. The van der Waals surface area contributed by atoms with E-state index >= 15 is 0 Å². The molecule has 1 amide bonds. The van der Waals surface area contributed by atoms with Crippen LogP contribution < -0.4 is 15.4 Å². The molecule has 1 aromatic rings. The summed E-state index contributed by atoms with van der Waals surface area (Å²) in [6.07, 6.45) is 2.86. The maximum atomic E-state index is 11.9. The van der Waals surface area contributed by atoms with Gasteiger partial charge in [0, 0.05) is 37.9 Å². The molecule has 1 atom stereocenters. The zero-order chi connectivity index (χ0) is 15.7. The molecule has 0 spiro atoms. The number of carbonyl (C=O) groups excluding carboxylic acids is 1. The molecule has 0 fully saturated rings. The summed E-state index contributed by atoms with van der Waals surface area (Å²) in [5.74, 6) is -0.186. The van der Waals surface area contributed by atoms with Crippen molar-refractivity contribution in [3.8, 4) is 0 Å². The van der Waals surface area contributed by atoms with E-state index in [9.17, 15) is 13.2 Å². The van der Waals surface area contributed by atoms with Crippen molar-refractivity contribution in [3.63, 3.8) is 0 Å². The minimum Gasteiger partial charge on any atom is -0.355 e. The summed E-state index contributed by atoms with van der Waals surface area (Å²) < 4.78 is 26.1. The Morgan fingerprint density at radius 1 is 1.43 bits per heavy atom. The number of amides is 1. The second kappa shape index (κ2) is 8.71. The summed E-state index contributed by atoms with van der Waals surface area (Å²) in [7, 11) is -3.60. The van der Waals surface area contributed by atoms with Crippen molar-refractivity contribution in [1.29, 1.82) is 0 Å². The SMILES string of the molecule is CCN[C@H](C)CNC(=O)CCNS(=O)(=O)c1cccnc1. The van der Waals surface area contributed by atoms with Gasteiger partial charge in [-0.15, -0.1) is 0 Å². The number of nitrogens with one attached hydrogen (secondary N) is 3. The Balaban J connectivity index is 2.31. The summed E-state index contributed by atoms with van der Waals surface area (Å²) in [6.45, 7) is 5.36. The number of carbonyl (C=O) groups is 1. The molecule has 7 nitrogen and oxygen atoms in total. The Hall–Kier alpha value is -1.51. The molecule has 0 unspecified atom stereocenters. The van der Waals surface area contributed by atoms with Gasteiger partial charge in [0.15, 0.2) is 0 Å². The first-order valence-corrected chi connectivity index (χ1v) is 8.33. The zero-order valence-electron chi connectivity index (χ0n) is 12.3. The molecule has 1 rings (SSSR count). The maximum absolute atomic E-state index is 11.9. The van der Waals surface area contributed by atoms with Gasteiger partial charge >= 0.3 is 0 Å². The van der Waals surface area contributed by atoms with E-state index in [2.05, 4.69) is 20.3 Å². The van der Waals surface area contributed by atoms with Crippen LogP contribution in [0.25, 0.3) is 0 Å². The van der Waals surface area contributed by atoms with Crippen molar-refractivity contribution in [3.05, 3.63) is 24.5 Å². The quantitative estimate of drug-likeness (QED) is 0.589. The Bertz CT molecular complexity index is 534. The van der Waals surface area contributed by atoms with Crippen molar-refractivity contribution in [2.75, 3.05) is 19.6 Å². The van der Waals surface area contributed by atoms with Crippen LogP contribution in [0.3, 0.4) is 0 Å². The first-order chi connectivity index (χ1) is 9.95. The monoisotopic (exact) mass is 314 g/mol. The van der Waals surface area contributed by atoms with Gasteiger partial charge in [0.05, 0.1) is 0 Å². The molecule has 3 N–H and O–H groups in total. The molecule has 21 heavy (non-hydrogen) atoms. The number of aromatic nitrogens is 1. The predicted octanol–water partition coefficient (Wildman–Crippen LogP) is -0.136. The van der Waals surface area contributed by atoms with Gasteiger partial charge in [0.25, 0.3) is 0 Å². The molecular weight excluding hydrogens is 292 g/mol. The van der Waals surface area contributed by atoms with Crippen LogP contribution in [0.5, 0.6) is 0 Å². The maximum Gasteiger partial charge on any atom is 0.242 e. The van der Waals surface area contributed by atoms with E-state index in [4.69, 9.17) is 0 Å². The highest BCUT2D eigenvalue weighted by atomic mass is 32.2.